The third kappa shape index (κ3) is 4.88. The van der Waals surface area contributed by atoms with E-state index in [2.05, 4.69) is 0 Å². The summed E-state index contributed by atoms with van der Waals surface area (Å²) in [7, 11) is 2.88. The van der Waals surface area contributed by atoms with Gasteiger partial charge in [0.25, 0.3) is 11.6 Å². The number of thioether (sulfide) groups is 1. The zero-order valence-electron chi connectivity index (χ0n) is 18.5. The van der Waals surface area contributed by atoms with Crippen LogP contribution in [0.5, 0.6) is 11.5 Å². The number of amidine groups is 1. The SMILES string of the molecule is COc1cc(/C=C2\SC(=Nc3ccccc3)N(C3CCCCC3)C2=O)c([N+](=O)[O-])cc1OC. The molecule has 33 heavy (non-hydrogen) atoms. The van der Waals surface area contributed by atoms with E-state index in [1.54, 1.807) is 11.0 Å². The standard InChI is InChI=1S/C24H25N3O5S/c1-31-20-13-16(19(27(29)30)15-21(20)32-2)14-22-23(28)26(18-11-7-4-8-12-18)24(33-22)25-17-9-5-3-6-10-17/h3,5-6,9-10,13-15,18H,4,7-8,11-12H2,1-2H3/b22-14-,25-24?. The van der Waals surface area contributed by atoms with E-state index < -0.39 is 4.92 Å². The van der Waals surface area contributed by atoms with E-state index in [1.165, 1.54) is 38.1 Å². The predicted molar refractivity (Wildman–Crippen MR) is 129 cm³/mol. The molecule has 172 valence electrons. The fourth-order valence-corrected chi connectivity index (χ4v) is 5.19. The number of ether oxygens (including phenoxy) is 2. The molecule has 2 aromatic rings. The van der Waals surface area contributed by atoms with Gasteiger partial charge < -0.3 is 9.47 Å². The van der Waals surface area contributed by atoms with Gasteiger partial charge in [0, 0.05) is 6.04 Å². The number of hydrogen-bond donors (Lipinski definition) is 0. The Hall–Kier alpha value is -3.33. The van der Waals surface area contributed by atoms with Crippen LogP contribution in [0, 0.1) is 10.1 Å². The van der Waals surface area contributed by atoms with Gasteiger partial charge in [-0.15, -0.1) is 0 Å². The average Bonchev–Trinajstić information content (AvgIpc) is 3.14. The highest BCUT2D eigenvalue weighted by atomic mass is 32.2. The molecule has 0 atom stereocenters. The highest BCUT2D eigenvalue weighted by Gasteiger charge is 2.39. The second-order valence-corrected chi connectivity index (χ2v) is 8.84. The molecule has 0 N–H and O–H groups in total. The first-order valence-electron chi connectivity index (χ1n) is 10.8. The van der Waals surface area contributed by atoms with Crippen LogP contribution in [0.2, 0.25) is 0 Å². The molecule has 0 unspecified atom stereocenters. The van der Waals surface area contributed by atoms with Crippen molar-refractivity contribution in [1.29, 1.82) is 0 Å². The number of amides is 1. The summed E-state index contributed by atoms with van der Waals surface area (Å²) in [5, 5.41) is 12.3. The van der Waals surface area contributed by atoms with Crippen molar-refractivity contribution in [2.24, 2.45) is 4.99 Å². The molecule has 1 aliphatic carbocycles. The van der Waals surface area contributed by atoms with E-state index in [9.17, 15) is 14.9 Å². The van der Waals surface area contributed by atoms with Gasteiger partial charge in [0.05, 0.1) is 41.4 Å². The monoisotopic (exact) mass is 467 g/mol. The average molecular weight is 468 g/mol. The minimum atomic E-state index is -0.490. The quantitative estimate of drug-likeness (QED) is 0.314. The van der Waals surface area contributed by atoms with Crippen LogP contribution in [-0.2, 0) is 4.79 Å². The Kier molecular flexibility index (Phi) is 6.98. The van der Waals surface area contributed by atoms with Crippen molar-refractivity contribution < 1.29 is 19.2 Å². The Morgan fingerprint density at radius 1 is 1.09 bits per heavy atom. The van der Waals surface area contributed by atoms with Gasteiger partial charge in [0.2, 0.25) is 0 Å². The number of rotatable bonds is 6. The van der Waals surface area contributed by atoms with E-state index in [-0.39, 0.29) is 28.9 Å². The van der Waals surface area contributed by atoms with E-state index in [0.29, 0.717) is 15.8 Å². The molecular formula is C24H25N3O5S. The Morgan fingerprint density at radius 2 is 1.76 bits per heavy atom. The lowest BCUT2D eigenvalue weighted by molar-refractivity contribution is -0.385. The molecule has 2 fully saturated rings. The van der Waals surface area contributed by atoms with Gasteiger partial charge in [0.1, 0.15) is 0 Å². The van der Waals surface area contributed by atoms with Crippen LogP contribution < -0.4 is 9.47 Å². The zero-order valence-corrected chi connectivity index (χ0v) is 19.3. The van der Waals surface area contributed by atoms with Gasteiger partial charge in [-0.05, 0) is 48.9 Å². The number of nitrogens with zero attached hydrogens (tertiary/aromatic N) is 3. The summed E-state index contributed by atoms with van der Waals surface area (Å²) >= 11 is 1.25. The van der Waals surface area contributed by atoms with E-state index in [4.69, 9.17) is 14.5 Å². The summed E-state index contributed by atoms with van der Waals surface area (Å²) < 4.78 is 10.5. The lowest BCUT2D eigenvalue weighted by Gasteiger charge is -2.30. The maximum Gasteiger partial charge on any atom is 0.280 e. The Bertz CT molecular complexity index is 1110. The van der Waals surface area contributed by atoms with Gasteiger partial charge in [-0.2, -0.15) is 0 Å². The van der Waals surface area contributed by atoms with Gasteiger partial charge >= 0.3 is 0 Å². The lowest BCUT2D eigenvalue weighted by Crippen LogP contribution is -2.40. The van der Waals surface area contributed by atoms with Crippen molar-refractivity contribution in [2.75, 3.05) is 14.2 Å². The van der Waals surface area contributed by atoms with Crippen LogP contribution in [0.4, 0.5) is 11.4 Å². The van der Waals surface area contributed by atoms with Crippen LogP contribution in [0.15, 0.2) is 52.4 Å². The van der Waals surface area contributed by atoms with Gasteiger partial charge in [0.15, 0.2) is 16.7 Å². The minimum Gasteiger partial charge on any atom is -0.493 e. The maximum absolute atomic E-state index is 13.5. The number of aliphatic imine (C=N–C) groups is 1. The van der Waals surface area contributed by atoms with Crippen molar-refractivity contribution in [3.8, 4) is 11.5 Å². The molecule has 0 aromatic heterocycles. The molecule has 1 amide bonds. The smallest absolute Gasteiger partial charge is 0.280 e. The Morgan fingerprint density at radius 3 is 2.39 bits per heavy atom. The number of carbonyl (C=O) groups is 1. The van der Waals surface area contributed by atoms with Crippen LogP contribution in [0.1, 0.15) is 37.7 Å². The molecule has 1 aliphatic heterocycles. The maximum atomic E-state index is 13.5. The van der Waals surface area contributed by atoms with Crippen LogP contribution in [-0.4, -0.2) is 41.2 Å². The van der Waals surface area contributed by atoms with Crippen LogP contribution >= 0.6 is 11.8 Å². The summed E-state index contributed by atoms with van der Waals surface area (Å²) in [5.74, 6) is 0.435. The van der Waals surface area contributed by atoms with Crippen molar-refractivity contribution in [2.45, 2.75) is 38.1 Å². The number of methoxy groups -OCH3 is 2. The first-order valence-corrected chi connectivity index (χ1v) is 11.6. The number of hydrogen-bond acceptors (Lipinski definition) is 7. The number of nitro benzene ring substituents is 1. The fourth-order valence-electron chi connectivity index (χ4n) is 4.14. The minimum absolute atomic E-state index is 0.0764. The van der Waals surface area contributed by atoms with E-state index in [0.717, 1.165) is 37.8 Å². The molecule has 9 heteroatoms. The Labute approximate surface area is 196 Å². The fraction of sp³-hybridized carbons (Fsp3) is 0.333. The van der Waals surface area contributed by atoms with Crippen molar-refractivity contribution in [3.63, 3.8) is 0 Å². The third-order valence-corrected chi connectivity index (χ3v) is 6.76. The lowest BCUT2D eigenvalue weighted by atomic mass is 9.94. The number of benzene rings is 2. The third-order valence-electron chi connectivity index (χ3n) is 5.77. The molecule has 2 aliphatic rings. The second kappa shape index (κ2) is 10.1. The molecule has 0 spiro atoms. The molecule has 2 aromatic carbocycles. The molecule has 8 nitrogen and oxygen atoms in total. The molecule has 0 bridgehead atoms. The van der Waals surface area contributed by atoms with Crippen LogP contribution in [0.25, 0.3) is 6.08 Å². The summed E-state index contributed by atoms with van der Waals surface area (Å²) in [6.07, 6.45) is 6.69. The topological polar surface area (TPSA) is 94.3 Å². The number of para-hydroxylation sites is 1. The van der Waals surface area contributed by atoms with Gasteiger partial charge in [-0.3, -0.25) is 19.8 Å². The first kappa shape index (κ1) is 22.8. The van der Waals surface area contributed by atoms with E-state index in [1.807, 2.05) is 30.3 Å². The van der Waals surface area contributed by atoms with Crippen molar-refractivity contribution in [1.82, 2.24) is 4.90 Å². The summed E-state index contributed by atoms with van der Waals surface area (Å²) in [4.78, 5) is 31.6. The molecule has 4 rings (SSSR count). The summed E-state index contributed by atoms with van der Waals surface area (Å²) in [6, 6.07) is 12.4. The van der Waals surface area contributed by atoms with Crippen molar-refractivity contribution in [3.05, 3.63) is 63.0 Å². The summed E-state index contributed by atoms with van der Waals surface area (Å²) in [6.45, 7) is 0. The molecule has 0 radical (unpaired) electrons. The van der Waals surface area contributed by atoms with Gasteiger partial charge in [-0.1, -0.05) is 37.5 Å². The Balaban J connectivity index is 1.77. The molecule has 1 saturated heterocycles. The second-order valence-electron chi connectivity index (χ2n) is 7.83. The van der Waals surface area contributed by atoms with Crippen LogP contribution in [0.3, 0.4) is 0 Å². The first-order chi connectivity index (χ1) is 16.0. The zero-order chi connectivity index (χ0) is 23.4. The molecule has 1 saturated carbocycles. The number of nitro groups is 1. The number of carbonyl (C=O) groups excluding carboxylic acids is 1. The van der Waals surface area contributed by atoms with Gasteiger partial charge in [-0.25, -0.2) is 4.99 Å². The predicted octanol–water partition coefficient (Wildman–Crippen LogP) is 5.55. The van der Waals surface area contributed by atoms with Crippen molar-refractivity contribution >= 4 is 40.3 Å². The molecule has 1 heterocycles. The molecular weight excluding hydrogens is 442 g/mol. The normalized spacial score (nSPS) is 19.3. The largest absolute Gasteiger partial charge is 0.493 e. The summed E-state index contributed by atoms with van der Waals surface area (Å²) in [5.41, 5.74) is 0.872. The highest BCUT2D eigenvalue weighted by Crippen LogP contribution is 2.41. The highest BCUT2D eigenvalue weighted by molar-refractivity contribution is 8.18. The van der Waals surface area contributed by atoms with E-state index >= 15 is 0 Å².